The van der Waals surface area contributed by atoms with Crippen molar-refractivity contribution in [1.29, 1.82) is 0 Å². The van der Waals surface area contributed by atoms with Gasteiger partial charge in [0, 0.05) is 12.5 Å². The van der Waals surface area contributed by atoms with Gasteiger partial charge in [-0.05, 0) is 6.42 Å². The summed E-state index contributed by atoms with van der Waals surface area (Å²) in [5.74, 6) is -1.55. The van der Waals surface area contributed by atoms with Crippen molar-refractivity contribution < 1.29 is 27.8 Å². The second-order valence-corrected chi connectivity index (χ2v) is 3.82. The summed E-state index contributed by atoms with van der Waals surface area (Å²) in [6.45, 7) is 0.401. The van der Waals surface area contributed by atoms with Gasteiger partial charge in [-0.2, -0.15) is 18.2 Å². The van der Waals surface area contributed by atoms with Gasteiger partial charge in [-0.15, -0.1) is 0 Å². The number of alkyl halides is 3. The minimum absolute atomic E-state index is 0.166. The van der Waals surface area contributed by atoms with Crippen molar-refractivity contribution in [1.82, 2.24) is 9.97 Å². The molecule has 1 heterocycles. The van der Waals surface area contributed by atoms with Crippen molar-refractivity contribution in [3.05, 3.63) is 17.6 Å². The predicted molar refractivity (Wildman–Crippen MR) is 59.2 cm³/mol. The van der Waals surface area contributed by atoms with E-state index < -0.39 is 18.8 Å². The summed E-state index contributed by atoms with van der Waals surface area (Å²) in [6.07, 6.45) is -2.57. The maximum absolute atomic E-state index is 12.0. The number of aryl methyl sites for hydroxylation is 1. The van der Waals surface area contributed by atoms with E-state index in [0.717, 1.165) is 12.5 Å². The molecule has 0 spiro atoms. The lowest BCUT2D eigenvalue weighted by molar-refractivity contribution is -0.154. The number of aromatic nitrogens is 2. The van der Waals surface area contributed by atoms with Crippen LogP contribution in [0.4, 0.5) is 13.2 Å². The molecule has 1 rings (SSSR count). The molecule has 0 unspecified atom stereocenters. The van der Waals surface area contributed by atoms with Crippen molar-refractivity contribution in [3.63, 3.8) is 0 Å². The quantitative estimate of drug-likeness (QED) is 0.865. The first-order valence-electron chi connectivity index (χ1n) is 5.62. The molecule has 8 heteroatoms. The average molecular weight is 278 g/mol. The van der Waals surface area contributed by atoms with Crippen LogP contribution in [0, 0.1) is 0 Å². The summed E-state index contributed by atoms with van der Waals surface area (Å²) in [5.41, 5.74) is -0.377. The molecular weight excluding hydrogens is 265 g/mol. The largest absolute Gasteiger partial charge is 0.477 e. The number of carboxylic acids is 1. The lowest BCUT2D eigenvalue weighted by Gasteiger charge is -2.09. The highest BCUT2D eigenvalue weighted by Gasteiger charge is 2.29. The Morgan fingerprint density at radius 2 is 2.11 bits per heavy atom. The van der Waals surface area contributed by atoms with Crippen LogP contribution in [0.15, 0.2) is 6.07 Å². The Hall–Kier alpha value is -1.86. The molecule has 0 amide bonds. The van der Waals surface area contributed by atoms with Gasteiger partial charge in [-0.3, -0.25) is 0 Å². The van der Waals surface area contributed by atoms with Crippen LogP contribution in [0.25, 0.3) is 0 Å². The fourth-order valence-corrected chi connectivity index (χ4v) is 1.26. The Morgan fingerprint density at radius 3 is 2.63 bits per heavy atom. The van der Waals surface area contributed by atoms with Crippen molar-refractivity contribution in [2.75, 3.05) is 6.61 Å². The molecule has 1 aromatic rings. The molecule has 0 saturated heterocycles. The lowest BCUT2D eigenvalue weighted by Crippen LogP contribution is -2.20. The zero-order chi connectivity index (χ0) is 14.5. The van der Waals surface area contributed by atoms with Crippen molar-refractivity contribution in [2.45, 2.75) is 32.4 Å². The molecule has 19 heavy (non-hydrogen) atoms. The van der Waals surface area contributed by atoms with Crippen LogP contribution in [0.5, 0.6) is 5.88 Å². The normalized spacial score (nSPS) is 11.4. The van der Waals surface area contributed by atoms with E-state index in [2.05, 4.69) is 14.7 Å². The number of nitrogens with zero attached hydrogens (tertiary/aromatic N) is 2. The topological polar surface area (TPSA) is 72.3 Å². The SMILES string of the molecule is CCCCc1nc(OCC(F)(F)F)cc(C(=O)O)n1. The van der Waals surface area contributed by atoms with Crippen LogP contribution in [-0.4, -0.2) is 33.8 Å². The first kappa shape index (κ1) is 15.2. The molecule has 1 aromatic heterocycles. The van der Waals surface area contributed by atoms with E-state index in [1.807, 2.05) is 6.92 Å². The Labute approximate surface area is 107 Å². The zero-order valence-corrected chi connectivity index (χ0v) is 10.2. The summed E-state index contributed by atoms with van der Waals surface area (Å²) in [7, 11) is 0. The van der Waals surface area contributed by atoms with E-state index >= 15 is 0 Å². The number of carboxylic acid groups (broad SMARTS) is 1. The number of halogens is 3. The number of rotatable bonds is 6. The smallest absolute Gasteiger partial charge is 0.422 e. The molecule has 0 atom stereocenters. The molecule has 0 aromatic carbocycles. The van der Waals surface area contributed by atoms with Crippen LogP contribution in [0.1, 0.15) is 36.1 Å². The van der Waals surface area contributed by atoms with Crippen LogP contribution in [0.3, 0.4) is 0 Å². The number of hydrogen-bond acceptors (Lipinski definition) is 4. The van der Waals surface area contributed by atoms with Gasteiger partial charge in [0.1, 0.15) is 5.82 Å². The summed E-state index contributed by atoms with van der Waals surface area (Å²) in [5, 5.41) is 8.82. The van der Waals surface area contributed by atoms with E-state index in [-0.39, 0.29) is 17.4 Å². The standard InChI is InChI=1S/C11H13F3N2O3/c1-2-3-4-8-15-7(10(17)18)5-9(16-8)19-6-11(12,13)14/h5H,2-4,6H2,1H3,(H,17,18). The number of ether oxygens (including phenoxy) is 1. The monoisotopic (exact) mass is 278 g/mol. The zero-order valence-electron chi connectivity index (χ0n) is 10.2. The highest BCUT2D eigenvalue weighted by atomic mass is 19.4. The Morgan fingerprint density at radius 1 is 1.42 bits per heavy atom. The number of carbonyl (C=O) groups is 1. The molecular formula is C11H13F3N2O3. The number of hydrogen-bond donors (Lipinski definition) is 1. The minimum Gasteiger partial charge on any atom is -0.477 e. The van der Waals surface area contributed by atoms with Crippen LogP contribution in [0.2, 0.25) is 0 Å². The molecule has 1 N–H and O–H groups in total. The van der Waals surface area contributed by atoms with Gasteiger partial charge in [-0.1, -0.05) is 13.3 Å². The Kier molecular flexibility index (Phi) is 5.08. The van der Waals surface area contributed by atoms with Crippen molar-refractivity contribution in [3.8, 4) is 5.88 Å². The molecule has 0 radical (unpaired) electrons. The predicted octanol–water partition coefficient (Wildman–Crippen LogP) is 2.46. The first-order valence-corrected chi connectivity index (χ1v) is 5.62. The third kappa shape index (κ3) is 5.54. The van der Waals surface area contributed by atoms with Gasteiger partial charge in [0.25, 0.3) is 0 Å². The van der Waals surface area contributed by atoms with Crippen LogP contribution >= 0.6 is 0 Å². The summed E-state index contributed by atoms with van der Waals surface area (Å²) >= 11 is 0. The van der Waals surface area contributed by atoms with E-state index in [4.69, 9.17) is 5.11 Å². The van der Waals surface area contributed by atoms with E-state index in [1.165, 1.54) is 0 Å². The van der Waals surface area contributed by atoms with Gasteiger partial charge < -0.3 is 9.84 Å². The van der Waals surface area contributed by atoms with Gasteiger partial charge in [0.05, 0.1) is 0 Å². The molecule has 106 valence electrons. The summed E-state index contributed by atoms with van der Waals surface area (Å²) < 4.78 is 40.5. The maximum Gasteiger partial charge on any atom is 0.422 e. The van der Waals surface area contributed by atoms with E-state index in [0.29, 0.717) is 12.8 Å². The fourth-order valence-electron chi connectivity index (χ4n) is 1.26. The molecule has 0 aliphatic carbocycles. The van der Waals surface area contributed by atoms with Gasteiger partial charge >= 0.3 is 12.1 Å². The molecule has 5 nitrogen and oxygen atoms in total. The first-order chi connectivity index (χ1) is 8.81. The second-order valence-electron chi connectivity index (χ2n) is 3.82. The van der Waals surface area contributed by atoms with Crippen molar-refractivity contribution >= 4 is 5.97 Å². The van der Waals surface area contributed by atoms with Gasteiger partial charge in [0.2, 0.25) is 5.88 Å². The van der Waals surface area contributed by atoms with Gasteiger partial charge in [-0.25, -0.2) is 9.78 Å². The summed E-state index contributed by atoms with van der Waals surface area (Å²) in [4.78, 5) is 18.3. The highest BCUT2D eigenvalue weighted by Crippen LogP contribution is 2.18. The van der Waals surface area contributed by atoms with E-state index in [1.54, 1.807) is 0 Å². The number of unbranched alkanes of at least 4 members (excludes halogenated alkanes) is 1. The third-order valence-electron chi connectivity index (χ3n) is 2.11. The molecule has 0 aliphatic heterocycles. The van der Waals surface area contributed by atoms with Crippen LogP contribution < -0.4 is 4.74 Å². The molecule has 0 aliphatic rings. The Balaban J connectivity index is 2.89. The fraction of sp³-hybridized carbons (Fsp3) is 0.545. The molecule has 0 saturated carbocycles. The average Bonchev–Trinajstić information content (AvgIpc) is 2.32. The maximum atomic E-state index is 12.0. The van der Waals surface area contributed by atoms with Gasteiger partial charge in [0.15, 0.2) is 12.3 Å². The third-order valence-corrected chi connectivity index (χ3v) is 2.11. The molecule has 0 bridgehead atoms. The lowest BCUT2D eigenvalue weighted by atomic mass is 10.2. The number of aromatic carboxylic acids is 1. The summed E-state index contributed by atoms with van der Waals surface area (Å²) in [6, 6.07) is 0.878. The van der Waals surface area contributed by atoms with Crippen molar-refractivity contribution in [2.24, 2.45) is 0 Å². The van der Waals surface area contributed by atoms with Crippen LogP contribution in [-0.2, 0) is 6.42 Å². The Bertz CT molecular complexity index is 449. The minimum atomic E-state index is -4.50. The second kappa shape index (κ2) is 6.35. The van der Waals surface area contributed by atoms with E-state index in [9.17, 15) is 18.0 Å². The highest BCUT2D eigenvalue weighted by molar-refractivity contribution is 5.85. The molecule has 0 fully saturated rings.